The summed E-state index contributed by atoms with van der Waals surface area (Å²) >= 11 is 0. The van der Waals surface area contributed by atoms with Gasteiger partial charge in [-0.3, -0.25) is 9.48 Å². The Morgan fingerprint density at radius 1 is 1.15 bits per heavy atom. The number of phenols is 1. The summed E-state index contributed by atoms with van der Waals surface area (Å²) in [6.45, 7) is 2.69. The Kier molecular flexibility index (Phi) is 4.77. The lowest BCUT2D eigenvalue weighted by molar-refractivity contribution is -0.137. The number of rotatable bonds is 3. The van der Waals surface area contributed by atoms with Gasteiger partial charge in [-0.1, -0.05) is 18.2 Å². The summed E-state index contributed by atoms with van der Waals surface area (Å²) in [5.41, 5.74) is 0.0828. The van der Waals surface area contributed by atoms with Gasteiger partial charge in [0, 0.05) is 30.3 Å². The molecule has 1 amide bonds. The Balaban J connectivity index is 1.27. The number of carbonyl (C=O) groups excluding carboxylic acids is 1. The van der Waals surface area contributed by atoms with E-state index in [-0.39, 0.29) is 28.3 Å². The van der Waals surface area contributed by atoms with E-state index in [1.807, 2.05) is 0 Å². The van der Waals surface area contributed by atoms with E-state index in [2.05, 4.69) is 5.10 Å². The number of hydrogen-bond donors (Lipinski definition) is 1. The van der Waals surface area contributed by atoms with Gasteiger partial charge in [-0.15, -0.1) is 0 Å². The summed E-state index contributed by atoms with van der Waals surface area (Å²) in [6, 6.07) is 8.82. The van der Waals surface area contributed by atoms with Crippen molar-refractivity contribution in [3.05, 3.63) is 71.2 Å². The van der Waals surface area contributed by atoms with Gasteiger partial charge in [-0.2, -0.15) is 18.3 Å². The number of aromatic hydroxyl groups is 1. The number of aryl methyl sites for hydroxylation is 1. The van der Waals surface area contributed by atoms with E-state index in [9.17, 15) is 27.5 Å². The molecule has 2 aliphatic rings. The topological polar surface area (TPSA) is 58.4 Å². The van der Waals surface area contributed by atoms with Crippen LogP contribution in [0.2, 0.25) is 0 Å². The van der Waals surface area contributed by atoms with Gasteiger partial charge in [0.25, 0.3) is 5.91 Å². The van der Waals surface area contributed by atoms with Crippen molar-refractivity contribution in [2.75, 3.05) is 13.1 Å². The second-order valence-corrected chi connectivity index (χ2v) is 9.07. The van der Waals surface area contributed by atoms with Crippen LogP contribution in [0.1, 0.15) is 40.4 Å². The monoisotopic (exact) mass is 459 g/mol. The number of aromatic nitrogens is 2. The zero-order chi connectivity index (χ0) is 23.5. The third-order valence-electron chi connectivity index (χ3n) is 6.63. The summed E-state index contributed by atoms with van der Waals surface area (Å²) in [4.78, 5) is 14.1. The predicted molar refractivity (Wildman–Crippen MR) is 112 cm³/mol. The van der Waals surface area contributed by atoms with Crippen molar-refractivity contribution < 1.29 is 27.5 Å². The Labute approximate surface area is 187 Å². The van der Waals surface area contributed by atoms with E-state index < -0.39 is 23.5 Å². The van der Waals surface area contributed by atoms with Crippen LogP contribution in [0.15, 0.2) is 48.7 Å². The SMILES string of the molecule is Cc1cn(C2CC3(C2)CN(C(=O)c2cc(O)ccc2F)C3)nc1-c1ccccc1C(F)(F)F. The molecule has 1 saturated heterocycles. The van der Waals surface area contributed by atoms with Gasteiger partial charge in [0.15, 0.2) is 0 Å². The molecule has 172 valence electrons. The van der Waals surface area contributed by atoms with Gasteiger partial charge in [-0.05, 0) is 49.6 Å². The summed E-state index contributed by atoms with van der Waals surface area (Å²) in [5.74, 6) is -1.31. The molecule has 1 spiro atoms. The molecule has 0 unspecified atom stereocenters. The quantitative estimate of drug-likeness (QED) is 0.548. The molecule has 2 aromatic carbocycles. The molecule has 1 aliphatic carbocycles. The smallest absolute Gasteiger partial charge is 0.417 e. The van der Waals surface area contributed by atoms with Crippen molar-refractivity contribution in [3.63, 3.8) is 0 Å². The second kappa shape index (κ2) is 7.33. The van der Waals surface area contributed by atoms with E-state index in [0.29, 0.717) is 24.3 Å². The largest absolute Gasteiger partial charge is 0.508 e. The first-order valence-electron chi connectivity index (χ1n) is 10.6. The first kappa shape index (κ1) is 21.5. The molecular weight excluding hydrogens is 438 g/mol. The van der Waals surface area contributed by atoms with Crippen molar-refractivity contribution in [3.8, 4) is 17.0 Å². The minimum atomic E-state index is -4.47. The van der Waals surface area contributed by atoms with E-state index in [4.69, 9.17) is 0 Å². The Morgan fingerprint density at radius 2 is 1.85 bits per heavy atom. The summed E-state index contributed by atoms with van der Waals surface area (Å²) in [5, 5.41) is 14.0. The number of benzene rings is 2. The average molecular weight is 459 g/mol. The molecule has 1 aromatic heterocycles. The third-order valence-corrected chi connectivity index (χ3v) is 6.63. The highest BCUT2D eigenvalue weighted by atomic mass is 19.4. The standard InChI is InChI=1S/C24H21F4N3O2/c1-14-11-31(29-21(14)17-4-2-3-5-19(17)24(26,27)28)15-9-23(10-15)12-30(13-23)22(33)18-8-16(32)6-7-20(18)25/h2-8,11,15,32H,9-10,12-13H2,1H3. The molecule has 33 heavy (non-hydrogen) atoms. The van der Waals surface area contributed by atoms with Crippen molar-refractivity contribution in [1.29, 1.82) is 0 Å². The van der Waals surface area contributed by atoms with E-state index in [1.165, 1.54) is 18.2 Å². The van der Waals surface area contributed by atoms with Crippen molar-refractivity contribution >= 4 is 5.91 Å². The molecule has 9 heteroatoms. The normalized spacial score (nSPS) is 17.7. The number of alkyl halides is 3. The fourth-order valence-corrected chi connectivity index (χ4v) is 5.01. The Bertz CT molecular complexity index is 1240. The summed E-state index contributed by atoms with van der Waals surface area (Å²) in [7, 11) is 0. The molecule has 0 atom stereocenters. The Morgan fingerprint density at radius 3 is 2.55 bits per heavy atom. The van der Waals surface area contributed by atoms with Crippen molar-refractivity contribution in [2.24, 2.45) is 5.41 Å². The third kappa shape index (κ3) is 3.65. The maximum absolute atomic E-state index is 14.0. The minimum Gasteiger partial charge on any atom is -0.508 e. The highest BCUT2D eigenvalue weighted by Gasteiger charge is 2.54. The number of likely N-dealkylation sites (tertiary alicyclic amines) is 1. The molecule has 0 radical (unpaired) electrons. The lowest BCUT2D eigenvalue weighted by atomic mass is 9.60. The van der Waals surface area contributed by atoms with Crippen LogP contribution < -0.4 is 0 Å². The maximum Gasteiger partial charge on any atom is 0.417 e. The molecule has 2 fully saturated rings. The van der Waals surface area contributed by atoms with Crippen LogP contribution in [0.4, 0.5) is 17.6 Å². The lowest BCUT2D eigenvalue weighted by Crippen LogP contribution is -2.63. The van der Waals surface area contributed by atoms with Crippen LogP contribution in [0.5, 0.6) is 5.75 Å². The van der Waals surface area contributed by atoms with Gasteiger partial charge in [0.2, 0.25) is 0 Å². The van der Waals surface area contributed by atoms with Crippen LogP contribution in [0.3, 0.4) is 0 Å². The van der Waals surface area contributed by atoms with Gasteiger partial charge in [-0.25, -0.2) is 4.39 Å². The number of amides is 1. The van der Waals surface area contributed by atoms with Crippen LogP contribution in [0.25, 0.3) is 11.3 Å². The molecule has 1 N–H and O–H groups in total. The van der Waals surface area contributed by atoms with Crippen molar-refractivity contribution in [1.82, 2.24) is 14.7 Å². The highest BCUT2D eigenvalue weighted by Crippen LogP contribution is 2.54. The maximum atomic E-state index is 14.0. The second-order valence-electron chi connectivity index (χ2n) is 9.07. The fourth-order valence-electron chi connectivity index (χ4n) is 5.01. The predicted octanol–water partition coefficient (Wildman–Crippen LogP) is 5.20. The van der Waals surface area contributed by atoms with Crippen LogP contribution in [-0.4, -0.2) is 38.8 Å². The van der Waals surface area contributed by atoms with Gasteiger partial charge >= 0.3 is 6.18 Å². The number of halogens is 4. The molecule has 1 aliphatic heterocycles. The first-order chi connectivity index (χ1) is 15.6. The zero-order valence-corrected chi connectivity index (χ0v) is 17.7. The lowest BCUT2D eigenvalue weighted by Gasteiger charge is -2.58. The minimum absolute atomic E-state index is 0.0326. The van der Waals surface area contributed by atoms with E-state index in [1.54, 1.807) is 28.8 Å². The molecular formula is C24H21F4N3O2. The number of nitrogens with zero attached hydrogens (tertiary/aromatic N) is 3. The fraction of sp³-hybridized carbons (Fsp3) is 0.333. The molecule has 1 saturated carbocycles. The number of carbonyl (C=O) groups is 1. The highest BCUT2D eigenvalue weighted by molar-refractivity contribution is 5.95. The van der Waals surface area contributed by atoms with Crippen molar-refractivity contribution in [2.45, 2.75) is 32.0 Å². The van der Waals surface area contributed by atoms with Gasteiger partial charge in [0.1, 0.15) is 11.6 Å². The van der Waals surface area contributed by atoms with Gasteiger partial charge < -0.3 is 10.0 Å². The molecule has 0 bridgehead atoms. The Hall–Kier alpha value is -3.36. The van der Waals surface area contributed by atoms with Gasteiger partial charge in [0.05, 0.1) is 22.9 Å². The zero-order valence-electron chi connectivity index (χ0n) is 17.7. The molecule has 2 heterocycles. The van der Waals surface area contributed by atoms with Crippen LogP contribution in [-0.2, 0) is 6.18 Å². The number of phenolic OH excluding ortho intramolecular Hbond substituents is 1. The van der Waals surface area contributed by atoms with E-state index in [0.717, 1.165) is 31.0 Å². The number of hydrogen-bond acceptors (Lipinski definition) is 3. The molecule has 5 rings (SSSR count). The van der Waals surface area contributed by atoms with E-state index >= 15 is 0 Å². The summed E-state index contributed by atoms with van der Waals surface area (Å²) in [6.07, 6.45) is -1.23. The molecule has 5 nitrogen and oxygen atoms in total. The van der Waals surface area contributed by atoms with Crippen LogP contribution >= 0.6 is 0 Å². The van der Waals surface area contributed by atoms with Crippen LogP contribution in [0, 0.1) is 18.2 Å². The molecule has 3 aromatic rings. The first-order valence-corrected chi connectivity index (χ1v) is 10.6. The summed E-state index contributed by atoms with van der Waals surface area (Å²) < 4.78 is 56.0. The average Bonchev–Trinajstić information content (AvgIpc) is 3.08.